The number of rotatable bonds is 3. The van der Waals surface area contributed by atoms with E-state index in [9.17, 15) is 4.79 Å². The van der Waals surface area contributed by atoms with Crippen LogP contribution in [0.5, 0.6) is 0 Å². The van der Waals surface area contributed by atoms with Crippen LogP contribution in [0.15, 0.2) is 0 Å². The summed E-state index contributed by atoms with van der Waals surface area (Å²) in [4.78, 5) is 10.6. The maximum Gasteiger partial charge on any atom is 0.130 e. The number of halogens is 1. The van der Waals surface area contributed by atoms with Crippen LogP contribution < -0.4 is 0 Å². The Hall–Kier alpha value is 0.150. The summed E-state index contributed by atoms with van der Waals surface area (Å²) in [5, 5.41) is 0.888. The summed E-state index contributed by atoms with van der Waals surface area (Å²) in [6, 6.07) is 0. The topological polar surface area (TPSA) is 17.1 Å². The SMILES string of the molecule is CC(=O)CC(C)(C)CBr. The molecule has 2 heteroatoms. The quantitative estimate of drug-likeness (QED) is 0.629. The van der Waals surface area contributed by atoms with Gasteiger partial charge in [-0.25, -0.2) is 0 Å². The lowest BCUT2D eigenvalue weighted by molar-refractivity contribution is -0.118. The summed E-state index contributed by atoms with van der Waals surface area (Å²) in [7, 11) is 0. The highest BCUT2D eigenvalue weighted by Crippen LogP contribution is 2.22. The van der Waals surface area contributed by atoms with Crippen molar-refractivity contribution in [3.8, 4) is 0 Å². The zero-order valence-electron chi connectivity index (χ0n) is 6.20. The van der Waals surface area contributed by atoms with E-state index in [1.807, 2.05) is 0 Å². The first kappa shape index (κ1) is 9.15. The number of Topliss-reactive ketones (excluding diaryl/α,β-unsaturated/α-hetero) is 1. The van der Waals surface area contributed by atoms with Crippen LogP contribution in [0.3, 0.4) is 0 Å². The molecule has 0 fully saturated rings. The molecule has 0 heterocycles. The van der Waals surface area contributed by atoms with Crippen LogP contribution >= 0.6 is 15.9 Å². The number of carbonyl (C=O) groups is 1. The van der Waals surface area contributed by atoms with Gasteiger partial charge in [-0.3, -0.25) is 0 Å². The molecule has 0 spiro atoms. The molecule has 0 atom stereocenters. The lowest BCUT2D eigenvalue weighted by Gasteiger charge is -2.18. The lowest BCUT2D eigenvalue weighted by atomic mass is 9.90. The van der Waals surface area contributed by atoms with Crippen molar-refractivity contribution >= 4 is 21.7 Å². The molecule has 0 aromatic rings. The van der Waals surface area contributed by atoms with Crippen LogP contribution in [0.1, 0.15) is 27.2 Å². The number of hydrogen-bond donors (Lipinski definition) is 0. The third-order valence-corrected chi connectivity index (χ3v) is 2.61. The second kappa shape index (κ2) is 3.35. The molecule has 0 saturated carbocycles. The molecular weight excluding hydrogens is 180 g/mol. The van der Waals surface area contributed by atoms with Crippen molar-refractivity contribution in [2.75, 3.05) is 5.33 Å². The van der Waals surface area contributed by atoms with E-state index in [1.165, 1.54) is 0 Å². The first-order valence-electron chi connectivity index (χ1n) is 3.03. The summed E-state index contributed by atoms with van der Waals surface area (Å²) >= 11 is 3.35. The summed E-state index contributed by atoms with van der Waals surface area (Å²) in [5.74, 6) is 0.263. The van der Waals surface area contributed by atoms with Gasteiger partial charge in [0.15, 0.2) is 0 Å². The molecule has 1 nitrogen and oxygen atoms in total. The molecule has 0 amide bonds. The van der Waals surface area contributed by atoms with E-state index in [4.69, 9.17) is 0 Å². The van der Waals surface area contributed by atoms with Gasteiger partial charge in [0.25, 0.3) is 0 Å². The Morgan fingerprint density at radius 1 is 1.56 bits per heavy atom. The van der Waals surface area contributed by atoms with Crippen molar-refractivity contribution in [3.05, 3.63) is 0 Å². The number of alkyl halides is 1. The lowest BCUT2D eigenvalue weighted by Crippen LogP contribution is -2.16. The van der Waals surface area contributed by atoms with Crippen molar-refractivity contribution in [2.45, 2.75) is 27.2 Å². The van der Waals surface area contributed by atoms with E-state index in [1.54, 1.807) is 6.92 Å². The largest absolute Gasteiger partial charge is 0.300 e. The molecule has 0 rings (SSSR count). The number of carbonyl (C=O) groups excluding carboxylic acids is 1. The highest BCUT2D eigenvalue weighted by molar-refractivity contribution is 9.09. The molecule has 0 aromatic heterocycles. The van der Waals surface area contributed by atoms with Crippen LogP contribution in [0.2, 0.25) is 0 Å². The van der Waals surface area contributed by atoms with Crippen LogP contribution in [-0.4, -0.2) is 11.1 Å². The summed E-state index contributed by atoms with van der Waals surface area (Å²) < 4.78 is 0. The van der Waals surface area contributed by atoms with Gasteiger partial charge in [-0.2, -0.15) is 0 Å². The number of hydrogen-bond acceptors (Lipinski definition) is 1. The van der Waals surface area contributed by atoms with E-state index in [-0.39, 0.29) is 11.2 Å². The van der Waals surface area contributed by atoms with Crippen molar-refractivity contribution in [2.24, 2.45) is 5.41 Å². The van der Waals surface area contributed by atoms with Crippen LogP contribution in [0.4, 0.5) is 0 Å². The Kier molecular flexibility index (Phi) is 3.41. The molecule has 0 N–H and O–H groups in total. The maximum atomic E-state index is 10.6. The minimum absolute atomic E-state index is 0.131. The van der Waals surface area contributed by atoms with Gasteiger partial charge in [0.05, 0.1) is 0 Å². The molecule has 0 aromatic carbocycles. The van der Waals surface area contributed by atoms with Gasteiger partial charge in [-0.05, 0) is 12.3 Å². The average molecular weight is 193 g/mol. The predicted molar refractivity (Wildman–Crippen MR) is 42.9 cm³/mol. The Labute approximate surface area is 65.0 Å². The Morgan fingerprint density at radius 3 is 2.11 bits per heavy atom. The molecule has 0 aliphatic rings. The minimum Gasteiger partial charge on any atom is -0.300 e. The second-order valence-corrected chi connectivity index (χ2v) is 3.74. The van der Waals surface area contributed by atoms with Gasteiger partial charge in [0.1, 0.15) is 5.78 Å². The molecule has 0 saturated heterocycles. The molecule has 0 aliphatic heterocycles. The van der Waals surface area contributed by atoms with Gasteiger partial charge >= 0.3 is 0 Å². The molecule has 0 radical (unpaired) electrons. The van der Waals surface area contributed by atoms with Crippen molar-refractivity contribution < 1.29 is 4.79 Å². The monoisotopic (exact) mass is 192 g/mol. The summed E-state index contributed by atoms with van der Waals surface area (Å²) in [6.45, 7) is 5.77. The van der Waals surface area contributed by atoms with E-state index in [0.29, 0.717) is 6.42 Å². The molecule has 0 bridgehead atoms. The Morgan fingerprint density at radius 2 is 2.00 bits per heavy atom. The average Bonchev–Trinajstić information content (AvgIpc) is 1.63. The predicted octanol–water partition coefficient (Wildman–Crippen LogP) is 2.39. The Bertz CT molecular complexity index is 107. The van der Waals surface area contributed by atoms with E-state index in [0.717, 1.165) is 5.33 Å². The van der Waals surface area contributed by atoms with Crippen LogP contribution in [-0.2, 0) is 4.79 Å². The summed E-state index contributed by atoms with van der Waals surface area (Å²) in [6.07, 6.45) is 0.665. The van der Waals surface area contributed by atoms with Gasteiger partial charge < -0.3 is 4.79 Å². The third kappa shape index (κ3) is 4.64. The third-order valence-electron chi connectivity index (χ3n) is 1.09. The zero-order chi connectivity index (χ0) is 7.49. The fourth-order valence-corrected chi connectivity index (χ4v) is 0.919. The molecule has 0 aliphatic carbocycles. The summed E-state index contributed by atoms with van der Waals surface area (Å²) in [5.41, 5.74) is 0.131. The van der Waals surface area contributed by atoms with Crippen molar-refractivity contribution in [1.82, 2.24) is 0 Å². The number of ketones is 1. The minimum atomic E-state index is 0.131. The fourth-order valence-electron chi connectivity index (χ4n) is 0.721. The highest BCUT2D eigenvalue weighted by atomic mass is 79.9. The Balaban J connectivity index is 3.71. The van der Waals surface area contributed by atoms with Gasteiger partial charge in [0.2, 0.25) is 0 Å². The van der Waals surface area contributed by atoms with Crippen LogP contribution in [0.25, 0.3) is 0 Å². The van der Waals surface area contributed by atoms with E-state index in [2.05, 4.69) is 29.8 Å². The van der Waals surface area contributed by atoms with Gasteiger partial charge in [-0.1, -0.05) is 29.8 Å². The molecular formula is C7H13BrO. The molecule has 54 valence electrons. The molecule has 0 unspecified atom stereocenters. The maximum absolute atomic E-state index is 10.6. The fraction of sp³-hybridized carbons (Fsp3) is 0.857. The van der Waals surface area contributed by atoms with Crippen molar-refractivity contribution in [3.63, 3.8) is 0 Å². The standard InChI is InChI=1S/C7H13BrO/c1-6(9)4-7(2,3)5-8/h4-5H2,1-3H3. The van der Waals surface area contributed by atoms with E-state index >= 15 is 0 Å². The van der Waals surface area contributed by atoms with Gasteiger partial charge in [0, 0.05) is 11.8 Å². The van der Waals surface area contributed by atoms with Gasteiger partial charge in [-0.15, -0.1) is 0 Å². The van der Waals surface area contributed by atoms with Crippen LogP contribution in [0, 0.1) is 5.41 Å². The zero-order valence-corrected chi connectivity index (χ0v) is 7.79. The smallest absolute Gasteiger partial charge is 0.130 e. The second-order valence-electron chi connectivity index (χ2n) is 3.18. The molecule has 9 heavy (non-hydrogen) atoms. The van der Waals surface area contributed by atoms with E-state index < -0.39 is 0 Å². The van der Waals surface area contributed by atoms with Crippen molar-refractivity contribution in [1.29, 1.82) is 0 Å². The normalized spacial score (nSPS) is 11.6. The first-order valence-corrected chi connectivity index (χ1v) is 4.15. The highest BCUT2D eigenvalue weighted by Gasteiger charge is 2.17. The first-order chi connectivity index (χ1) is 3.98.